The summed E-state index contributed by atoms with van der Waals surface area (Å²) in [7, 11) is 0. The number of nitrogens with zero attached hydrogens (tertiary/aromatic N) is 3. The van der Waals surface area contributed by atoms with Gasteiger partial charge in [-0.3, -0.25) is 4.79 Å². The van der Waals surface area contributed by atoms with E-state index in [1.54, 1.807) is 32.0 Å². The van der Waals surface area contributed by atoms with Gasteiger partial charge in [-0.25, -0.2) is 9.37 Å². The zero-order chi connectivity index (χ0) is 20.6. The Morgan fingerprint density at radius 2 is 2.07 bits per heavy atom. The van der Waals surface area contributed by atoms with Crippen molar-refractivity contribution in [2.75, 3.05) is 44.4 Å². The second-order valence-electron chi connectivity index (χ2n) is 6.54. The molecule has 3 rings (SSSR count). The van der Waals surface area contributed by atoms with Gasteiger partial charge in [-0.1, -0.05) is 12.1 Å². The van der Waals surface area contributed by atoms with Crippen LogP contribution in [-0.2, 0) is 9.53 Å². The molecule has 1 atom stereocenters. The SMILES string of the molecule is Cc1nc(OCCNC(=O)C(C)Oc2ccccc2F)cc(N2CCOCC2)n1. The maximum absolute atomic E-state index is 13.6. The highest BCUT2D eigenvalue weighted by Crippen LogP contribution is 2.19. The maximum Gasteiger partial charge on any atom is 0.260 e. The van der Waals surface area contributed by atoms with Gasteiger partial charge in [0.15, 0.2) is 17.7 Å². The normalized spacial score (nSPS) is 14.9. The van der Waals surface area contributed by atoms with E-state index >= 15 is 0 Å². The van der Waals surface area contributed by atoms with E-state index < -0.39 is 11.9 Å². The fourth-order valence-electron chi connectivity index (χ4n) is 2.81. The van der Waals surface area contributed by atoms with E-state index in [1.807, 2.05) is 0 Å². The lowest BCUT2D eigenvalue weighted by atomic mass is 10.3. The van der Waals surface area contributed by atoms with Gasteiger partial charge in [0.1, 0.15) is 18.2 Å². The first kappa shape index (κ1) is 20.8. The van der Waals surface area contributed by atoms with Crippen LogP contribution in [0, 0.1) is 12.7 Å². The summed E-state index contributed by atoms with van der Waals surface area (Å²) in [6.45, 7) is 6.73. The molecule has 1 N–H and O–H groups in total. The van der Waals surface area contributed by atoms with E-state index in [2.05, 4.69) is 20.2 Å². The first-order valence-electron chi connectivity index (χ1n) is 9.53. The lowest BCUT2D eigenvalue weighted by Gasteiger charge is -2.28. The number of hydrogen-bond acceptors (Lipinski definition) is 7. The average Bonchev–Trinajstić information content (AvgIpc) is 2.73. The predicted octanol–water partition coefficient (Wildman–Crippen LogP) is 1.72. The van der Waals surface area contributed by atoms with Gasteiger partial charge in [-0.15, -0.1) is 0 Å². The molecule has 1 aromatic heterocycles. The number of para-hydroxylation sites is 1. The molecule has 2 heterocycles. The van der Waals surface area contributed by atoms with Crippen molar-refractivity contribution in [3.63, 3.8) is 0 Å². The summed E-state index contributed by atoms with van der Waals surface area (Å²) in [6.07, 6.45) is -0.832. The molecule has 1 aliphatic heterocycles. The van der Waals surface area contributed by atoms with E-state index in [1.165, 1.54) is 12.1 Å². The molecule has 9 heteroatoms. The number of carbonyl (C=O) groups is 1. The molecule has 1 aliphatic rings. The number of ether oxygens (including phenoxy) is 3. The van der Waals surface area contributed by atoms with Gasteiger partial charge in [0, 0.05) is 19.2 Å². The highest BCUT2D eigenvalue weighted by Gasteiger charge is 2.17. The third-order valence-electron chi connectivity index (χ3n) is 4.30. The van der Waals surface area contributed by atoms with Gasteiger partial charge in [-0.2, -0.15) is 4.98 Å². The Kier molecular flexibility index (Phi) is 7.18. The number of aryl methyl sites for hydroxylation is 1. The molecule has 1 unspecified atom stereocenters. The molecular weight excluding hydrogens is 379 g/mol. The summed E-state index contributed by atoms with van der Waals surface area (Å²) < 4.78 is 30.0. The van der Waals surface area contributed by atoms with Gasteiger partial charge < -0.3 is 24.4 Å². The smallest absolute Gasteiger partial charge is 0.260 e. The largest absolute Gasteiger partial charge is 0.478 e. The number of anilines is 1. The van der Waals surface area contributed by atoms with E-state index in [0.29, 0.717) is 24.9 Å². The third kappa shape index (κ3) is 6.02. The van der Waals surface area contributed by atoms with Crippen LogP contribution >= 0.6 is 0 Å². The minimum Gasteiger partial charge on any atom is -0.478 e. The van der Waals surface area contributed by atoms with Crippen LogP contribution in [-0.4, -0.2) is 61.4 Å². The monoisotopic (exact) mass is 404 g/mol. The van der Waals surface area contributed by atoms with Crippen molar-refractivity contribution in [2.45, 2.75) is 20.0 Å². The Hall–Kier alpha value is -2.94. The summed E-state index contributed by atoms with van der Waals surface area (Å²) in [6, 6.07) is 7.74. The maximum atomic E-state index is 13.6. The summed E-state index contributed by atoms with van der Waals surface area (Å²) in [4.78, 5) is 23.0. The van der Waals surface area contributed by atoms with Crippen molar-refractivity contribution in [2.24, 2.45) is 0 Å². The van der Waals surface area contributed by atoms with Gasteiger partial charge >= 0.3 is 0 Å². The number of carbonyl (C=O) groups excluding carboxylic acids is 1. The third-order valence-corrected chi connectivity index (χ3v) is 4.30. The average molecular weight is 404 g/mol. The lowest BCUT2D eigenvalue weighted by molar-refractivity contribution is -0.127. The number of halogens is 1. The molecule has 0 aliphatic carbocycles. The van der Waals surface area contributed by atoms with Crippen molar-refractivity contribution in [1.29, 1.82) is 0 Å². The number of amides is 1. The van der Waals surface area contributed by atoms with Gasteiger partial charge in [0.25, 0.3) is 5.91 Å². The van der Waals surface area contributed by atoms with Crippen molar-refractivity contribution >= 4 is 11.7 Å². The van der Waals surface area contributed by atoms with Gasteiger partial charge in [0.05, 0.1) is 19.8 Å². The van der Waals surface area contributed by atoms with Gasteiger partial charge in [-0.05, 0) is 26.0 Å². The molecule has 8 nitrogen and oxygen atoms in total. The molecule has 0 bridgehead atoms. The molecule has 0 spiro atoms. The number of morpholine rings is 1. The number of aromatic nitrogens is 2. The summed E-state index contributed by atoms with van der Waals surface area (Å²) in [5.74, 6) is 1.03. The Labute approximate surface area is 169 Å². The van der Waals surface area contributed by atoms with E-state index in [9.17, 15) is 9.18 Å². The van der Waals surface area contributed by atoms with Crippen LogP contribution < -0.4 is 19.7 Å². The minimum absolute atomic E-state index is 0.0403. The molecular formula is C20H25FN4O4. The summed E-state index contributed by atoms with van der Waals surface area (Å²) >= 11 is 0. The molecule has 0 radical (unpaired) electrons. The highest BCUT2D eigenvalue weighted by molar-refractivity contribution is 5.80. The van der Waals surface area contributed by atoms with Crippen LogP contribution in [0.4, 0.5) is 10.2 Å². The zero-order valence-electron chi connectivity index (χ0n) is 16.6. The predicted molar refractivity (Wildman–Crippen MR) is 105 cm³/mol. The quantitative estimate of drug-likeness (QED) is 0.671. The topological polar surface area (TPSA) is 85.8 Å². The molecule has 1 aromatic carbocycles. The molecule has 1 amide bonds. The number of nitrogens with one attached hydrogen (secondary N) is 1. The summed E-state index contributed by atoms with van der Waals surface area (Å²) in [5, 5.41) is 2.70. The number of rotatable bonds is 8. The number of benzene rings is 1. The molecule has 2 aromatic rings. The molecule has 0 saturated carbocycles. The fraction of sp³-hybridized carbons (Fsp3) is 0.450. The minimum atomic E-state index is -0.832. The highest BCUT2D eigenvalue weighted by atomic mass is 19.1. The van der Waals surface area contributed by atoms with Crippen LogP contribution in [0.25, 0.3) is 0 Å². The zero-order valence-corrected chi connectivity index (χ0v) is 16.6. The second kappa shape index (κ2) is 10.0. The Morgan fingerprint density at radius 3 is 2.83 bits per heavy atom. The molecule has 1 fully saturated rings. The Morgan fingerprint density at radius 1 is 1.31 bits per heavy atom. The first-order chi connectivity index (χ1) is 14.0. The second-order valence-corrected chi connectivity index (χ2v) is 6.54. The Balaban J connectivity index is 1.45. The molecule has 29 heavy (non-hydrogen) atoms. The summed E-state index contributed by atoms with van der Waals surface area (Å²) in [5.41, 5.74) is 0. The van der Waals surface area contributed by atoms with Crippen molar-refractivity contribution in [3.8, 4) is 11.6 Å². The van der Waals surface area contributed by atoms with Crippen LogP contribution in [0.2, 0.25) is 0 Å². The van der Waals surface area contributed by atoms with Crippen molar-refractivity contribution < 1.29 is 23.4 Å². The first-order valence-corrected chi connectivity index (χ1v) is 9.53. The van der Waals surface area contributed by atoms with E-state index in [-0.39, 0.29) is 24.8 Å². The fourth-order valence-corrected chi connectivity index (χ4v) is 2.81. The van der Waals surface area contributed by atoms with Crippen molar-refractivity contribution in [1.82, 2.24) is 15.3 Å². The van der Waals surface area contributed by atoms with Crippen LogP contribution in [0.5, 0.6) is 11.6 Å². The molecule has 1 saturated heterocycles. The lowest BCUT2D eigenvalue weighted by Crippen LogP contribution is -2.38. The standard InChI is InChI=1S/C20H25FN4O4/c1-14(29-17-6-4-3-5-16(17)21)20(26)22-7-10-28-19-13-18(23-15(2)24-19)25-8-11-27-12-9-25/h3-6,13-14H,7-12H2,1-2H3,(H,22,26). The van der Waals surface area contributed by atoms with Crippen LogP contribution in [0.15, 0.2) is 30.3 Å². The van der Waals surface area contributed by atoms with E-state index in [0.717, 1.165) is 18.9 Å². The number of hydrogen-bond donors (Lipinski definition) is 1. The van der Waals surface area contributed by atoms with Gasteiger partial charge in [0.2, 0.25) is 5.88 Å². The Bertz CT molecular complexity index is 830. The van der Waals surface area contributed by atoms with Crippen LogP contribution in [0.3, 0.4) is 0 Å². The van der Waals surface area contributed by atoms with E-state index in [4.69, 9.17) is 14.2 Å². The van der Waals surface area contributed by atoms with Crippen LogP contribution in [0.1, 0.15) is 12.7 Å². The molecule has 156 valence electrons. The van der Waals surface area contributed by atoms with Crippen molar-refractivity contribution in [3.05, 3.63) is 42.0 Å².